The van der Waals surface area contributed by atoms with E-state index in [-0.39, 0.29) is 11.9 Å². The van der Waals surface area contributed by atoms with Gasteiger partial charge in [0.15, 0.2) is 0 Å². The Labute approximate surface area is 119 Å². The molecule has 2 aliphatic rings. The lowest BCUT2D eigenvalue weighted by atomic mass is 9.89. The Morgan fingerprint density at radius 1 is 1.35 bits per heavy atom. The van der Waals surface area contributed by atoms with Gasteiger partial charge in [0.1, 0.15) is 5.82 Å². The summed E-state index contributed by atoms with van der Waals surface area (Å²) < 4.78 is 20.0. The van der Waals surface area contributed by atoms with Gasteiger partial charge in [-0.1, -0.05) is 18.9 Å². The predicted molar refractivity (Wildman–Crippen MR) is 78.3 cm³/mol. The highest BCUT2D eigenvalue weighted by Crippen LogP contribution is 2.35. The van der Waals surface area contributed by atoms with Crippen LogP contribution in [0, 0.1) is 5.82 Å². The van der Waals surface area contributed by atoms with Gasteiger partial charge in [-0.05, 0) is 31.9 Å². The van der Waals surface area contributed by atoms with E-state index in [0.717, 1.165) is 31.7 Å². The van der Waals surface area contributed by atoms with Gasteiger partial charge in [0.05, 0.1) is 18.8 Å². The molecule has 20 heavy (non-hydrogen) atoms. The van der Waals surface area contributed by atoms with Crippen molar-refractivity contribution in [3.8, 4) is 0 Å². The summed E-state index contributed by atoms with van der Waals surface area (Å²) in [6.45, 7) is 3.39. The van der Waals surface area contributed by atoms with Gasteiger partial charge in [-0.25, -0.2) is 4.39 Å². The fourth-order valence-electron chi connectivity index (χ4n) is 3.62. The summed E-state index contributed by atoms with van der Waals surface area (Å²) in [6, 6.07) is 5.36. The van der Waals surface area contributed by atoms with Crippen LogP contribution < -0.4 is 10.6 Å². The molecule has 2 unspecified atom stereocenters. The minimum absolute atomic E-state index is 0.198. The Bertz CT molecular complexity index is 476. The Kier molecular flexibility index (Phi) is 3.94. The summed E-state index contributed by atoms with van der Waals surface area (Å²) in [7, 11) is 0. The number of fused-ring (bicyclic) bond motifs is 1. The molecule has 0 aromatic heterocycles. The lowest BCUT2D eigenvalue weighted by Crippen LogP contribution is -2.53. The van der Waals surface area contributed by atoms with E-state index in [1.807, 2.05) is 13.0 Å². The van der Waals surface area contributed by atoms with Crippen molar-refractivity contribution < 1.29 is 9.13 Å². The summed E-state index contributed by atoms with van der Waals surface area (Å²) in [4.78, 5) is 2.33. The molecule has 1 aromatic rings. The average molecular weight is 278 g/mol. The second-order valence-electron chi connectivity index (χ2n) is 5.92. The number of benzene rings is 1. The molecule has 0 amide bonds. The molecule has 3 atom stereocenters. The number of rotatable bonds is 2. The minimum Gasteiger partial charge on any atom is -0.374 e. The molecule has 4 heteroatoms. The zero-order valence-corrected chi connectivity index (χ0v) is 12.0. The van der Waals surface area contributed by atoms with Crippen molar-refractivity contribution in [1.82, 2.24) is 0 Å². The second kappa shape index (κ2) is 5.70. The van der Waals surface area contributed by atoms with Gasteiger partial charge in [-0.2, -0.15) is 0 Å². The third-order valence-corrected chi connectivity index (χ3v) is 4.53. The van der Waals surface area contributed by atoms with E-state index in [9.17, 15) is 4.39 Å². The highest BCUT2D eigenvalue weighted by Gasteiger charge is 2.35. The highest BCUT2D eigenvalue weighted by molar-refractivity contribution is 5.57. The average Bonchev–Trinajstić information content (AvgIpc) is 2.46. The van der Waals surface area contributed by atoms with Gasteiger partial charge < -0.3 is 15.4 Å². The molecule has 1 aliphatic heterocycles. The maximum Gasteiger partial charge on any atom is 0.130 e. The zero-order valence-electron chi connectivity index (χ0n) is 12.0. The van der Waals surface area contributed by atoms with Crippen LogP contribution in [-0.4, -0.2) is 25.3 Å². The summed E-state index contributed by atoms with van der Waals surface area (Å²) in [5, 5.41) is 0. The number of hydrogen-bond donors (Lipinski definition) is 1. The zero-order chi connectivity index (χ0) is 14.1. The normalized spacial score (nSPS) is 28.1. The Morgan fingerprint density at radius 2 is 2.15 bits per heavy atom. The molecule has 0 bridgehead atoms. The van der Waals surface area contributed by atoms with Crippen molar-refractivity contribution in [1.29, 1.82) is 0 Å². The molecule has 3 nitrogen and oxygen atoms in total. The molecule has 2 N–H and O–H groups in total. The van der Waals surface area contributed by atoms with Gasteiger partial charge in [0, 0.05) is 23.8 Å². The fraction of sp³-hybridized carbons (Fsp3) is 0.625. The third-order valence-electron chi connectivity index (χ3n) is 4.53. The number of halogens is 1. The third kappa shape index (κ3) is 2.42. The number of anilines is 1. The van der Waals surface area contributed by atoms with Crippen molar-refractivity contribution in [3.05, 3.63) is 29.6 Å². The van der Waals surface area contributed by atoms with Crippen LogP contribution in [0.4, 0.5) is 10.1 Å². The first-order valence-corrected chi connectivity index (χ1v) is 7.60. The van der Waals surface area contributed by atoms with Crippen LogP contribution in [0.15, 0.2) is 18.2 Å². The first-order chi connectivity index (χ1) is 9.68. The number of hydrogen-bond acceptors (Lipinski definition) is 3. The second-order valence-corrected chi connectivity index (χ2v) is 5.92. The lowest BCUT2D eigenvalue weighted by molar-refractivity contribution is -0.00878. The van der Waals surface area contributed by atoms with Crippen LogP contribution in [0.25, 0.3) is 0 Å². The van der Waals surface area contributed by atoms with E-state index in [4.69, 9.17) is 10.5 Å². The standard InChI is InChI=1S/C16H23FN2O/c1-11(18)16-12(17)5-4-7-14(16)19-9-10-20-15-8-3-2-6-13(15)19/h4-5,7,11,13,15H,2-3,6,8-10,18H2,1H3/t11-,13?,15?/m0/s1. The van der Waals surface area contributed by atoms with Crippen LogP contribution in [0.5, 0.6) is 0 Å². The van der Waals surface area contributed by atoms with E-state index in [0.29, 0.717) is 17.7 Å². The maximum atomic E-state index is 14.1. The topological polar surface area (TPSA) is 38.5 Å². The first kappa shape index (κ1) is 13.8. The molecule has 2 fully saturated rings. The molecular formula is C16H23FN2O. The first-order valence-electron chi connectivity index (χ1n) is 7.60. The molecule has 0 spiro atoms. The Morgan fingerprint density at radius 3 is 2.95 bits per heavy atom. The molecule has 1 saturated heterocycles. The van der Waals surface area contributed by atoms with Crippen LogP contribution in [0.3, 0.4) is 0 Å². The van der Waals surface area contributed by atoms with Gasteiger partial charge in [-0.15, -0.1) is 0 Å². The van der Waals surface area contributed by atoms with Gasteiger partial charge in [-0.3, -0.25) is 0 Å². The van der Waals surface area contributed by atoms with E-state index in [2.05, 4.69) is 4.90 Å². The number of nitrogens with two attached hydrogens (primary N) is 1. The smallest absolute Gasteiger partial charge is 0.130 e. The highest BCUT2D eigenvalue weighted by atomic mass is 19.1. The van der Waals surface area contributed by atoms with Gasteiger partial charge in [0.2, 0.25) is 0 Å². The number of morpholine rings is 1. The van der Waals surface area contributed by atoms with Gasteiger partial charge in [0.25, 0.3) is 0 Å². The lowest BCUT2D eigenvalue weighted by Gasteiger charge is -2.46. The maximum absolute atomic E-state index is 14.1. The molecule has 0 radical (unpaired) electrons. The van der Waals surface area contributed by atoms with E-state index >= 15 is 0 Å². The summed E-state index contributed by atoms with van der Waals surface area (Å²) in [5.41, 5.74) is 7.59. The molecule has 1 saturated carbocycles. The van der Waals surface area contributed by atoms with Crippen LogP contribution in [-0.2, 0) is 4.74 Å². The van der Waals surface area contributed by atoms with Crippen LogP contribution in [0.2, 0.25) is 0 Å². The van der Waals surface area contributed by atoms with Crippen molar-refractivity contribution in [3.63, 3.8) is 0 Å². The summed E-state index contributed by atoms with van der Waals surface area (Å²) in [6.07, 6.45) is 4.99. The Hall–Kier alpha value is -1.13. The van der Waals surface area contributed by atoms with E-state index in [1.165, 1.54) is 18.9 Å². The summed E-state index contributed by atoms with van der Waals surface area (Å²) >= 11 is 0. The molecule has 1 aromatic carbocycles. The largest absolute Gasteiger partial charge is 0.374 e. The van der Waals surface area contributed by atoms with Crippen LogP contribution >= 0.6 is 0 Å². The quantitative estimate of drug-likeness (QED) is 0.904. The summed E-state index contributed by atoms with van der Waals surface area (Å²) in [5.74, 6) is -0.198. The molecule has 110 valence electrons. The van der Waals surface area contributed by atoms with E-state index in [1.54, 1.807) is 6.07 Å². The van der Waals surface area contributed by atoms with Crippen molar-refractivity contribution in [2.75, 3.05) is 18.1 Å². The van der Waals surface area contributed by atoms with Crippen LogP contribution in [0.1, 0.15) is 44.2 Å². The monoisotopic (exact) mass is 278 g/mol. The minimum atomic E-state index is -0.295. The molecule has 3 rings (SSSR count). The Balaban J connectivity index is 1.97. The fourth-order valence-corrected chi connectivity index (χ4v) is 3.62. The van der Waals surface area contributed by atoms with E-state index < -0.39 is 0 Å². The number of ether oxygens (including phenoxy) is 1. The molecule has 1 aliphatic carbocycles. The predicted octanol–water partition coefficient (Wildman–Crippen LogP) is 2.99. The SMILES string of the molecule is C[C@H](N)c1c(F)cccc1N1CCOC2CCCCC21. The van der Waals surface area contributed by atoms with Crippen molar-refractivity contribution in [2.45, 2.75) is 50.8 Å². The number of nitrogens with zero attached hydrogens (tertiary/aromatic N) is 1. The van der Waals surface area contributed by atoms with Crippen molar-refractivity contribution in [2.24, 2.45) is 5.73 Å². The van der Waals surface area contributed by atoms with Gasteiger partial charge >= 0.3 is 0 Å². The van der Waals surface area contributed by atoms with Crippen molar-refractivity contribution >= 4 is 5.69 Å². The molecular weight excluding hydrogens is 255 g/mol. The molecule has 1 heterocycles.